The fourth-order valence-electron chi connectivity index (χ4n) is 2.36. The van der Waals surface area contributed by atoms with Gasteiger partial charge in [-0.1, -0.05) is 0 Å². The van der Waals surface area contributed by atoms with Crippen molar-refractivity contribution in [1.29, 1.82) is 0 Å². The highest BCUT2D eigenvalue weighted by atomic mass is 32.1. The lowest BCUT2D eigenvalue weighted by Crippen LogP contribution is -2.45. The number of nitrogens with one attached hydrogen (secondary N) is 1. The Bertz CT molecular complexity index is 368. The van der Waals surface area contributed by atoms with Crippen LogP contribution in [-0.2, 0) is 10.3 Å². The van der Waals surface area contributed by atoms with Crippen molar-refractivity contribution in [1.82, 2.24) is 15.2 Å². The molecule has 1 N–H and O–H groups in total. The van der Waals surface area contributed by atoms with Crippen LogP contribution in [0.15, 0.2) is 5.38 Å². The fourth-order valence-corrected chi connectivity index (χ4v) is 3.36. The predicted molar refractivity (Wildman–Crippen MR) is 70.5 cm³/mol. The molecule has 0 amide bonds. The Morgan fingerprint density at radius 3 is 3.00 bits per heavy atom. The van der Waals surface area contributed by atoms with Crippen molar-refractivity contribution in [3.05, 3.63) is 16.1 Å². The van der Waals surface area contributed by atoms with Gasteiger partial charge in [0.25, 0.3) is 0 Å². The van der Waals surface area contributed by atoms with Crippen LogP contribution in [0.4, 0.5) is 0 Å². The first-order valence-electron chi connectivity index (χ1n) is 6.01. The van der Waals surface area contributed by atoms with Crippen molar-refractivity contribution in [2.45, 2.75) is 18.9 Å². The quantitative estimate of drug-likeness (QED) is 0.803. The summed E-state index contributed by atoms with van der Waals surface area (Å²) < 4.78 is 5.12. The zero-order valence-corrected chi connectivity index (χ0v) is 11.6. The van der Waals surface area contributed by atoms with Crippen molar-refractivity contribution in [3.63, 3.8) is 0 Å². The third-order valence-electron chi connectivity index (χ3n) is 3.26. The average Bonchev–Trinajstić information content (AvgIpc) is 2.87. The van der Waals surface area contributed by atoms with Crippen LogP contribution in [-0.4, -0.2) is 50.3 Å². The number of aryl methyl sites for hydroxylation is 1. The van der Waals surface area contributed by atoms with Gasteiger partial charge in [-0.05, 0) is 20.4 Å². The number of methoxy groups -OCH3 is 1. The van der Waals surface area contributed by atoms with Crippen LogP contribution in [0.1, 0.15) is 17.1 Å². The van der Waals surface area contributed by atoms with Gasteiger partial charge in [0.1, 0.15) is 5.01 Å². The van der Waals surface area contributed by atoms with Crippen molar-refractivity contribution in [3.8, 4) is 0 Å². The van der Waals surface area contributed by atoms with E-state index in [0.29, 0.717) is 0 Å². The molecule has 5 heteroatoms. The predicted octanol–water partition coefficient (Wildman–Crippen LogP) is 1.22. The second-order valence-electron chi connectivity index (χ2n) is 4.78. The Morgan fingerprint density at radius 2 is 2.47 bits per heavy atom. The Labute approximate surface area is 107 Å². The van der Waals surface area contributed by atoms with Crippen LogP contribution in [0.5, 0.6) is 0 Å². The van der Waals surface area contributed by atoms with Gasteiger partial charge in [-0.2, -0.15) is 0 Å². The molecule has 1 unspecified atom stereocenters. The molecule has 0 saturated carbocycles. The normalized spacial score (nSPS) is 25.6. The molecule has 2 heterocycles. The molecule has 1 atom stereocenters. The number of hydrogen-bond acceptors (Lipinski definition) is 5. The molecule has 1 aliphatic rings. The molecule has 0 aromatic carbocycles. The largest absolute Gasteiger partial charge is 0.383 e. The van der Waals surface area contributed by atoms with Crippen LogP contribution in [0, 0.1) is 6.92 Å². The standard InChI is InChI=1S/C12H21N3OS/c1-10-8-17-11(14-10)12(13-5-7-16-3)4-6-15(2)9-12/h8,13H,4-7,9H2,1-3H3. The maximum atomic E-state index is 5.12. The second-order valence-corrected chi connectivity index (χ2v) is 5.64. The summed E-state index contributed by atoms with van der Waals surface area (Å²) in [6.45, 7) is 5.84. The molecule has 1 saturated heterocycles. The molecular weight excluding hydrogens is 234 g/mol. The summed E-state index contributed by atoms with van der Waals surface area (Å²) in [6, 6.07) is 0. The molecule has 2 rings (SSSR count). The van der Waals surface area contributed by atoms with Crippen molar-refractivity contribution in [2.24, 2.45) is 0 Å². The molecule has 1 fully saturated rings. The smallest absolute Gasteiger partial charge is 0.114 e. The van der Waals surface area contributed by atoms with E-state index in [9.17, 15) is 0 Å². The third-order valence-corrected chi connectivity index (χ3v) is 4.42. The van der Waals surface area contributed by atoms with E-state index < -0.39 is 0 Å². The molecule has 96 valence electrons. The minimum absolute atomic E-state index is 0.0339. The third kappa shape index (κ3) is 2.85. The maximum Gasteiger partial charge on any atom is 0.114 e. The summed E-state index contributed by atoms with van der Waals surface area (Å²) in [7, 11) is 3.91. The fraction of sp³-hybridized carbons (Fsp3) is 0.750. The van der Waals surface area contributed by atoms with Crippen LogP contribution < -0.4 is 5.32 Å². The summed E-state index contributed by atoms with van der Waals surface area (Å²) in [5.74, 6) is 0. The molecule has 17 heavy (non-hydrogen) atoms. The van der Waals surface area contributed by atoms with E-state index in [4.69, 9.17) is 4.74 Å². The van der Waals surface area contributed by atoms with Crippen LogP contribution in [0.3, 0.4) is 0 Å². The molecule has 0 spiro atoms. The van der Waals surface area contributed by atoms with E-state index in [0.717, 1.165) is 38.4 Å². The molecule has 0 bridgehead atoms. The number of hydrogen-bond donors (Lipinski definition) is 1. The van der Waals surface area contributed by atoms with Crippen molar-refractivity contribution < 1.29 is 4.74 Å². The van der Waals surface area contributed by atoms with Crippen molar-refractivity contribution >= 4 is 11.3 Å². The minimum atomic E-state index is 0.0339. The Kier molecular flexibility index (Phi) is 4.14. The van der Waals surface area contributed by atoms with Crippen molar-refractivity contribution in [2.75, 3.05) is 40.4 Å². The summed E-state index contributed by atoms with van der Waals surface area (Å²) >= 11 is 1.76. The lowest BCUT2D eigenvalue weighted by atomic mass is 9.99. The van der Waals surface area contributed by atoms with E-state index in [2.05, 4.69) is 34.6 Å². The number of likely N-dealkylation sites (N-methyl/N-ethyl adjacent to an activating group) is 1. The molecule has 1 aliphatic heterocycles. The summed E-state index contributed by atoms with van der Waals surface area (Å²) in [4.78, 5) is 7.02. The summed E-state index contributed by atoms with van der Waals surface area (Å²) in [5, 5.41) is 6.99. The molecule has 0 aliphatic carbocycles. The van der Waals surface area contributed by atoms with Gasteiger partial charge in [0.05, 0.1) is 12.1 Å². The highest BCUT2D eigenvalue weighted by Crippen LogP contribution is 2.33. The Balaban J connectivity index is 2.13. The molecular formula is C12H21N3OS. The lowest BCUT2D eigenvalue weighted by Gasteiger charge is -2.28. The van der Waals surface area contributed by atoms with E-state index in [1.807, 2.05) is 0 Å². The number of rotatable bonds is 5. The second kappa shape index (κ2) is 5.44. The van der Waals surface area contributed by atoms with Gasteiger partial charge in [-0.15, -0.1) is 11.3 Å². The van der Waals surface area contributed by atoms with E-state index in [1.54, 1.807) is 18.4 Å². The summed E-state index contributed by atoms with van der Waals surface area (Å²) in [6.07, 6.45) is 1.13. The first-order chi connectivity index (χ1) is 8.16. The molecule has 1 aromatic rings. The number of thiazole rings is 1. The highest BCUT2D eigenvalue weighted by molar-refractivity contribution is 7.09. The Morgan fingerprint density at radius 1 is 1.65 bits per heavy atom. The van der Waals surface area contributed by atoms with Crippen LogP contribution in [0.2, 0.25) is 0 Å². The highest BCUT2D eigenvalue weighted by Gasteiger charge is 2.40. The molecule has 0 radical (unpaired) electrons. The monoisotopic (exact) mass is 255 g/mol. The minimum Gasteiger partial charge on any atom is -0.383 e. The van der Waals surface area contributed by atoms with Gasteiger partial charge in [0, 0.05) is 37.8 Å². The van der Waals surface area contributed by atoms with Crippen LogP contribution in [0.25, 0.3) is 0 Å². The van der Waals surface area contributed by atoms with Gasteiger partial charge in [-0.25, -0.2) is 4.98 Å². The topological polar surface area (TPSA) is 37.4 Å². The molecule has 4 nitrogen and oxygen atoms in total. The Hall–Kier alpha value is -0.490. The zero-order valence-electron chi connectivity index (χ0n) is 10.8. The first-order valence-corrected chi connectivity index (χ1v) is 6.89. The van der Waals surface area contributed by atoms with Gasteiger partial charge >= 0.3 is 0 Å². The van der Waals surface area contributed by atoms with Gasteiger partial charge in [0.2, 0.25) is 0 Å². The molecule has 1 aromatic heterocycles. The van der Waals surface area contributed by atoms with Gasteiger partial charge < -0.3 is 15.0 Å². The van der Waals surface area contributed by atoms with Crippen LogP contribution >= 0.6 is 11.3 Å². The SMILES string of the molecule is COCCNC1(c2nc(C)cs2)CCN(C)C1. The van der Waals surface area contributed by atoms with Gasteiger partial charge in [-0.3, -0.25) is 0 Å². The number of likely N-dealkylation sites (tertiary alicyclic amines) is 1. The first kappa shape index (κ1) is 13.0. The zero-order chi connectivity index (χ0) is 12.3. The van der Waals surface area contributed by atoms with E-state index in [1.165, 1.54) is 5.01 Å². The lowest BCUT2D eigenvalue weighted by molar-refractivity contribution is 0.183. The maximum absolute atomic E-state index is 5.12. The number of nitrogens with zero attached hydrogens (tertiary/aromatic N) is 2. The number of aromatic nitrogens is 1. The summed E-state index contributed by atoms with van der Waals surface area (Å²) in [5.41, 5.74) is 1.15. The average molecular weight is 255 g/mol. The van der Waals surface area contributed by atoms with E-state index in [-0.39, 0.29) is 5.54 Å². The number of ether oxygens (including phenoxy) is 1. The van der Waals surface area contributed by atoms with Gasteiger partial charge in [0.15, 0.2) is 0 Å². The van der Waals surface area contributed by atoms with E-state index >= 15 is 0 Å².